The molecule has 0 radical (unpaired) electrons. The number of nitriles is 2. The highest BCUT2D eigenvalue weighted by Gasteiger charge is 2.22. The van der Waals surface area contributed by atoms with Crippen molar-refractivity contribution in [3.8, 4) is 12.1 Å². The Kier molecular flexibility index (Phi) is 8.52. The van der Waals surface area contributed by atoms with Crippen LogP contribution in [-0.4, -0.2) is 9.80 Å². The smallest absolute Gasteiger partial charge is 0.151 e. The summed E-state index contributed by atoms with van der Waals surface area (Å²) in [7, 11) is 0. The van der Waals surface area contributed by atoms with Gasteiger partial charge in [-0.2, -0.15) is 10.5 Å². The van der Waals surface area contributed by atoms with Gasteiger partial charge in [-0.1, -0.05) is 121 Å². The lowest BCUT2D eigenvalue weighted by Crippen LogP contribution is -2.29. The SMILES string of the molecule is N#C/C(=C(\C#N)N(Cc1ccccc1)Cc1ccccc1)N(Cc1ccccc1)Cc1ccccc1. The minimum Gasteiger partial charge on any atom is -0.352 e. The van der Waals surface area contributed by atoms with E-state index in [9.17, 15) is 10.5 Å². The summed E-state index contributed by atoms with van der Waals surface area (Å²) in [6, 6.07) is 45.0. The van der Waals surface area contributed by atoms with E-state index < -0.39 is 0 Å². The van der Waals surface area contributed by atoms with Crippen molar-refractivity contribution in [1.82, 2.24) is 9.80 Å². The first-order valence-electron chi connectivity index (χ1n) is 12.0. The third kappa shape index (κ3) is 6.63. The van der Waals surface area contributed by atoms with Gasteiger partial charge in [0.1, 0.15) is 12.1 Å². The zero-order valence-electron chi connectivity index (χ0n) is 20.2. The Morgan fingerprint density at radius 1 is 0.417 bits per heavy atom. The Morgan fingerprint density at radius 2 is 0.639 bits per heavy atom. The molecule has 4 aromatic carbocycles. The van der Waals surface area contributed by atoms with Crippen LogP contribution in [0.1, 0.15) is 22.3 Å². The van der Waals surface area contributed by atoms with E-state index in [-0.39, 0.29) is 0 Å². The second-order valence-corrected chi connectivity index (χ2v) is 8.58. The maximum Gasteiger partial charge on any atom is 0.151 e. The third-order valence-electron chi connectivity index (χ3n) is 5.93. The summed E-state index contributed by atoms with van der Waals surface area (Å²) < 4.78 is 0. The standard InChI is InChI=1S/C32H28N4/c33-21-31(35(23-27-13-5-1-6-14-27)24-28-15-7-2-8-16-28)32(22-34)36(25-29-17-9-3-10-18-29)26-30-19-11-4-12-20-30/h1-20H,23-26H2/b32-31-. The van der Waals surface area contributed by atoms with Gasteiger partial charge in [-0.05, 0) is 22.3 Å². The van der Waals surface area contributed by atoms with Crippen LogP contribution in [0.15, 0.2) is 133 Å². The van der Waals surface area contributed by atoms with Gasteiger partial charge in [0.05, 0.1) is 0 Å². The quantitative estimate of drug-likeness (QED) is 0.245. The van der Waals surface area contributed by atoms with Crippen molar-refractivity contribution in [2.24, 2.45) is 0 Å². The summed E-state index contributed by atoms with van der Waals surface area (Å²) in [5.41, 5.74) is 5.06. The van der Waals surface area contributed by atoms with Crippen LogP contribution in [0.25, 0.3) is 0 Å². The molecule has 0 spiro atoms. The number of hydrogen-bond acceptors (Lipinski definition) is 4. The molecule has 4 aromatic rings. The summed E-state index contributed by atoms with van der Waals surface area (Å²) >= 11 is 0. The fourth-order valence-corrected chi connectivity index (χ4v) is 4.19. The van der Waals surface area contributed by atoms with Crippen molar-refractivity contribution in [2.75, 3.05) is 0 Å². The molecule has 0 amide bonds. The van der Waals surface area contributed by atoms with Crippen LogP contribution in [-0.2, 0) is 26.2 Å². The number of allylic oxidation sites excluding steroid dienone is 2. The summed E-state index contributed by atoms with van der Waals surface area (Å²) in [5, 5.41) is 20.8. The van der Waals surface area contributed by atoms with Crippen molar-refractivity contribution in [2.45, 2.75) is 26.2 Å². The van der Waals surface area contributed by atoms with Gasteiger partial charge in [0.25, 0.3) is 0 Å². The van der Waals surface area contributed by atoms with Crippen LogP contribution in [0, 0.1) is 22.7 Å². The fourth-order valence-electron chi connectivity index (χ4n) is 4.19. The molecular weight excluding hydrogens is 440 g/mol. The normalized spacial score (nSPS) is 11.1. The Labute approximate surface area is 213 Å². The molecular formula is C32H28N4. The molecule has 0 saturated carbocycles. The van der Waals surface area contributed by atoms with E-state index in [0.29, 0.717) is 37.6 Å². The summed E-state index contributed by atoms with van der Waals surface area (Å²) in [5.74, 6) is 0. The second-order valence-electron chi connectivity index (χ2n) is 8.58. The molecule has 0 bridgehead atoms. The van der Waals surface area contributed by atoms with E-state index in [1.165, 1.54) is 0 Å². The lowest BCUT2D eigenvalue weighted by Gasteiger charge is -2.30. The largest absolute Gasteiger partial charge is 0.352 e. The molecule has 0 saturated heterocycles. The van der Waals surface area contributed by atoms with Crippen molar-refractivity contribution in [3.63, 3.8) is 0 Å². The first-order valence-corrected chi connectivity index (χ1v) is 12.0. The molecule has 36 heavy (non-hydrogen) atoms. The number of hydrogen-bond donors (Lipinski definition) is 0. The van der Waals surface area contributed by atoms with E-state index in [1.54, 1.807) is 0 Å². The Morgan fingerprint density at radius 3 is 0.833 bits per heavy atom. The van der Waals surface area contributed by atoms with Gasteiger partial charge < -0.3 is 9.80 Å². The molecule has 0 aliphatic heterocycles. The topological polar surface area (TPSA) is 54.1 Å². The lowest BCUT2D eigenvalue weighted by atomic mass is 10.1. The lowest BCUT2D eigenvalue weighted by molar-refractivity contribution is 0.295. The molecule has 0 heterocycles. The number of benzene rings is 4. The molecule has 0 unspecified atom stereocenters. The van der Waals surface area contributed by atoms with Gasteiger partial charge in [0.2, 0.25) is 0 Å². The van der Waals surface area contributed by atoms with Crippen LogP contribution in [0.3, 0.4) is 0 Å². The third-order valence-corrected chi connectivity index (χ3v) is 5.93. The minimum atomic E-state index is 0.372. The molecule has 0 N–H and O–H groups in total. The second kappa shape index (κ2) is 12.6. The Hall–Kier alpha value is -4.80. The molecule has 4 rings (SSSR count). The molecule has 0 fully saturated rings. The van der Waals surface area contributed by atoms with E-state index >= 15 is 0 Å². The van der Waals surface area contributed by atoms with Crippen LogP contribution in [0.5, 0.6) is 0 Å². The Balaban J connectivity index is 1.77. The zero-order chi connectivity index (χ0) is 25.0. The predicted octanol–water partition coefficient (Wildman–Crippen LogP) is 6.65. The summed E-state index contributed by atoms with van der Waals surface area (Å²) in [6.07, 6.45) is 0. The van der Waals surface area contributed by atoms with Crippen molar-refractivity contribution in [3.05, 3.63) is 155 Å². The average Bonchev–Trinajstić information content (AvgIpc) is 2.93. The van der Waals surface area contributed by atoms with Gasteiger partial charge in [0.15, 0.2) is 11.4 Å². The summed E-state index contributed by atoms with van der Waals surface area (Å²) in [6.45, 7) is 2.09. The first kappa shape index (κ1) is 24.3. The van der Waals surface area contributed by atoms with Crippen molar-refractivity contribution in [1.29, 1.82) is 10.5 Å². The van der Waals surface area contributed by atoms with Crippen molar-refractivity contribution < 1.29 is 0 Å². The van der Waals surface area contributed by atoms with Crippen LogP contribution < -0.4 is 0 Å². The Bertz CT molecular complexity index is 1150. The monoisotopic (exact) mass is 468 g/mol. The minimum absolute atomic E-state index is 0.372. The van der Waals surface area contributed by atoms with Crippen LogP contribution in [0.4, 0.5) is 0 Å². The summed E-state index contributed by atoms with van der Waals surface area (Å²) in [4.78, 5) is 4.01. The highest BCUT2D eigenvalue weighted by Crippen LogP contribution is 2.23. The van der Waals surface area contributed by atoms with Crippen LogP contribution in [0.2, 0.25) is 0 Å². The van der Waals surface area contributed by atoms with E-state index in [0.717, 1.165) is 22.3 Å². The fraction of sp³-hybridized carbons (Fsp3) is 0.125. The molecule has 4 heteroatoms. The number of nitrogens with zero attached hydrogens (tertiary/aromatic N) is 4. The molecule has 0 atom stereocenters. The predicted molar refractivity (Wildman–Crippen MR) is 143 cm³/mol. The molecule has 176 valence electrons. The van der Waals surface area contributed by atoms with E-state index in [1.807, 2.05) is 131 Å². The average molecular weight is 469 g/mol. The maximum atomic E-state index is 10.4. The van der Waals surface area contributed by atoms with Crippen molar-refractivity contribution >= 4 is 0 Å². The van der Waals surface area contributed by atoms with E-state index in [2.05, 4.69) is 12.1 Å². The van der Waals surface area contributed by atoms with Gasteiger partial charge in [-0.15, -0.1) is 0 Å². The van der Waals surface area contributed by atoms with Gasteiger partial charge in [-0.3, -0.25) is 0 Å². The van der Waals surface area contributed by atoms with Gasteiger partial charge >= 0.3 is 0 Å². The number of rotatable bonds is 10. The first-order chi connectivity index (χ1) is 17.8. The van der Waals surface area contributed by atoms with Crippen LogP contribution >= 0.6 is 0 Å². The molecule has 0 aliphatic carbocycles. The van der Waals surface area contributed by atoms with Gasteiger partial charge in [0, 0.05) is 26.2 Å². The van der Waals surface area contributed by atoms with E-state index in [4.69, 9.17) is 0 Å². The highest BCUT2D eigenvalue weighted by atomic mass is 15.2. The zero-order valence-corrected chi connectivity index (χ0v) is 20.2. The molecule has 0 aliphatic rings. The molecule has 0 aromatic heterocycles. The maximum absolute atomic E-state index is 10.4. The highest BCUT2D eigenvalue weighted by molar-refractivity contribution is 5.37. The van der Waals surface area contributed by atoms with Gasteiger partial charge in [-0.25, -0.2) is 0 Å². The molecule has 4 nitrogen and oxygen atoms in total.